The minimum Gasteiger partial charge on any atom is -0.496 e. The molecular formula is C22H15F3N2O. The Hall–Kier alpha value is -3.41. The van der Waals surface area contributed by atoms with Gasteiger partial charge in [-0.1, -0.05) is 54.6 Å². The van der Waals surface area contributed by atoms with Crippen molar-refractivity contribution in [3.8, 4) is 28.4 Å². The van der Waals surface area contributed by atoms with E-state index in [4.69, 9.17) is 4.74 Å². The number of hydrogen-bond donors (Lipinski definition) is 0. The molecule has 0 atom stereocenters. The predicted octanol–water partition coefficient (Wildman–Crippen LogP) is 5.99. The first-order valence-corrected chi connectivity index (χ1v) is 8.55. The van der Waals surface area contributed by atoms with Gasteiger partial charge in [-0.05, 0) is 23.6 Å². The van der Waals surface area contributed by atoms with Gasteiger partial charge in [0.05, 0.1) is 12.8 Å². The molecule has 140 valence electrons. The maximum Gasteiger partial charge on any atom is 0.433 e. The van der Waals surface area contributed by atoms with Gasteiger partial charge in [-0.15, -0.1) is 0 Å². The summed E-state index contributed by atoms with van der Waals surface area (Å²) in [4.78, 5) is 8.19. The first-order valence-electron chi connectivity index (χ1n) is 8.55. The second-order valence-electron chi connectivity index (χ2n) is 6.19. The highest BCUT2D eigenvalue weighted by Gasteiger charge is 2.34. The molecular weight excluding hydrogens is 365 g/mol. The van der Waals surface area contributed by atoms with Crippen LogP contribution in [0.4, 0.5) is 13.2 Å². The van der Waals surface area contributed by atoms with Crippen molar-refractivity contribution in [1.29, 1.82) is 0 Å². The quantitative estimate of drug-likeness (QED) is 0.438. The third kappa shape index (κ3) is 3.29. The normalized spacial score (nSPS) is 11.6. The number of hydrogen-bond acceptors (Lipinski definition) is 3. The van der Waals surface area contributed by atoms with E-state index in [1.165, 1.54) is 0 Å². The predicted molar refractivity (Wildman–Crippen MR) is 102 cm³/mol. The van der Waals surface area contributed by atoms with Crippen molar-refractivity contribution in [2.45, 2.75) is 6.18 Å². The van der Waals surface area contributed by atoms with Crippen LogP contribution in [-0.2, 0) is 6.18 Å². The number of halogens is 3. The van der Waals surface area contributed by atoms with Crippen molar-refractivity contribution in [1.82, 2.24) is 9.97 Å². The molecule has 0 radical (unpaired) electrons. The SMILES string of the molecule is COc1ccc(-c2cc(C(F)(F)F)nc(-c3ccccc3)n2)c2ccccc12. The monoisotopic (exact) mass is 380 g/mol. The van der Waals surface area contributed by atoms with Gasteiger partial charge in [0.25, 0.3) is 0 Å². The van der Waals surface area contributed by atoms with Gasteiger partial charge in [-0.25, -0.2) is 9.97 Å². The van der Waals surface area contributed by atoms with E-state index in [-0.39, 0.29) is 11.5 Å². The molecule has 0 saturated carbocycles. The van der Waals surface area contributed by atoms with Gasteiger partial charge in [-0.3, -0.25) is 0 Å². The van der Waals surface area contributed by atoms with Crippen LogP contribution in [0.2, 0.25) is 0 Å². The van der Waals surface area contributed by atoms with E-state index in [9.17, 15) is 13.2 Å². The summed E-state index contributed by atoms with van der Waals surface area (Å²) in [6, 6.07) is 20.5. The van der Waals surface area contributed by atoms with Crippen LogP contribution in [0.15, 0.2) is 72.8 Å². The molecule has 0 saturated heterocycles. The maximum atomic E-state index is 13.5. The van der Waals surface area contributed by atoms with Crippen molar-refractivity contribution < 1.29 is 17.9 Å². The van der Waals surface area contributed by atoms with Gasteiger partial charge in [0, 0.05) is 16.5 Å². The Morgan fingerprint density at radius 1 is 0.786 bits per heavy atom. The Balaban J connectivity index is 1.99. The number of alkyl halides is 3. The summed E-state index contributed by atoms with van der Waals surface area (Å²) < 4.78 is 45.9. The lowest BCUT2D eigenvalue weighted by molar-refractivity contribution is -0.141. The van der Waals surface area contributed by atoms with Crippen molar-refractivity contribution in [3.63, 3.8) is 0 Å². The number of ether oxygens (including phenoxy) is 1. The van der Waals surface area contributed by atoms with E-state index < -0.39 is 11.9 Å². The summed E-state index contributed by atoms with van der Waals surface area (Å²) in [6.45, 7) is 0. The lowest BCUT2D eigenvalue weighted by Crippen LogP contribution is -2.10. The summed E-state index contributed by atoms with van der Waals surface area (Å²) in [5, 5.41) is 1.56. The third-order valence-corrected chi connectivity index (χ3v) is 4.43. The summed E-state index contributed by atoms with van der Waals surface area (Å²) in [5.74, 6) is 0.679. The van der Waals surface area contributed by atoms with Gasteiger partial charge in [0.1, 0.15) is 11.4 Å². The highest BCUT2D eigenvalue weighted by molar-refractivity contribution is 5.99. The van der Waals surface area contributed by atoms with Gasteiger partial charge in [0.2, 0.25) is 0 Å². The Morgan fingerprint density at radius 2 is 1.46 bits per heavy atom. The largest absolute Gasteiger partial charge is 0.496 e. The molecule has 28 heavy (non-hydrogen) atoms. The number of aromatic nitrogens is 2. The van der Waals surface area contributed by atoms with E-state index in [1.54, 1.807) is 49.6 Å². The molecule has 3 nitrogen and oxygen atoms in total. The fourth-order valence-corrected chi connectivity index (χ4v) is 3.12. The molecule has 4 rings (SSSR count). The van der Waals surface area contributed by atoms with Crippen molar-refractivity contribution >= 4 is 10.8 Å². The van der Waals surface area contributed by atoms with Crippen molar-refractivity contribution in [3.05, 3.63) is 78.5 Å². The summed E-state index contributed by atoms with van der Waals surface area (Å²) >= 11 is 0. The molecule has 0 aliphatic carbocycles. The minimum absolute atomic E-state index is 0.0327. The van der Waals surface area contributed by atoms with E-state index in [2.05, 4.69) is 9.97 Å². The number of benzene rings is 3. The number of nitrogens with zero attached hydrogens (tertiary/aromatic N) is 2. The Morgan fingerprint density at radius 3 is 2.14 bits per heavy atom. The first kappa shape index (κ1) is 18.0. The molecule has 0 bridgehead atoms. The van der Waals surface area contributed by atoms with Crippen LogP contribution < -0.4 is 4.74 Å². The molecule has 0 N–H and O–H groups in total. The van der Waals surface area contributed by atoms with E-state index in [0.29, 0.717) is 16.9 Å². The van der Waals surface area contributed by atoms with Crippen LogP contribution in [0.5, 0.6) is 5.75 Å². The molecule has 0 fully saturated rings. The summed E-state index contributed by atoms with van der Waals surface area (Å²) in [7, 11) is 1.56. The Bertz CT molecular complexity index is 1140. The van der Waals surface area contributed by atoms with Gasteiger partial charge in [0.15, 0.2) is 5.82 Å². The molecule has 1 heterocycles. The Kier molecular flexibility index (Phi) is 4.47. The second-order valence-corrected chi connectivity index (χ2v) is 6.19. The second kappa shape index (κ2) is 6.96. The molecule has 0 aliphatic heterocycles. The van der Waals surface area contributed by atoms with Crippen LogP contribution in [0, 0.1) is 0 Å². The van der Waals surface area contributed by atoms with E-state index in [1.807, 2.05) is 24.3 Å². The molecule has 0 aliphatic rings. The van der Waals surface area contributed by atoms with Crippen molar-refractivity contribution in [2.75, 3.05) is 7.11 Å². The molecule has 0 amide bonds. The van der Waals surface area contributed by atoms with Gasteiger partial charge < -0.3 is 4.74 Å². The summed E-state index contributed by atoms with van der Waals surface area (Å²) in [5.41, 5.74) is 0.338. The zero-order valence-electron chi connectivity index (χ0n) is 14.9. The average Bonchev–Trinajstić information content (AvgIpc) is 2.72. The summed E-state index contributed by atoms with van der Waals surface area (Å²) in [6.07, 6.45) is -4.58. The van der Waals surface area contributed by atoms with Crippen LogP contribution in [0.1, 0.15) is 5.69 Å². The molecule has 0 unspecified atom stereocenters. The van der Waals surface area contributed by atoms with E-state index in [0.717, 1.165) is 16.8 Å². The minimum atomic E-state index is -4.58. The first-order chi connectivity index (χ1) is 13.5. The molecule has 0 spiro atoms. The Labute approximate surface area is 159 Å². The number of fused-ring (bicyclic) bond motifs is 1. The lowest BCUT2D eigenvalue weighted by atomic mass is 10.0. The van der Waals surface area contributed by atoms with Crippen LogP contribution >= 0.6 is 0 Å². The third-order valence-electron chi connectivity index (χ3n) is 4.43. The average molecular weight is 380 g/mol. The highest BCUT2D eigenvalue weighted by Crippen LogP contribution is 2.37. The van der Waals surface area contributed by atoms with E-state index >= 15 is 0 Å². The standard InChI is InChI=1S/C22H15F3N2O/c1-28-19-12-11-16(15-9-5-6-10-17(15)19)18-13-20(22(23,24)25)27-21(26-18)14-7-3-2-4-8-14/h2-13H,1H3. The molecule has 3 aromatic carbocycles. The molecule has 4 aromatic rings. The molecule has 1 aromatic heterocycles. The number of methoxy groups -OCH3 is 1. The topological polar surface area (TPSA) is 35.0 Å². The van der Waals surface area contributed by atoms with Crippen LogP contribution in [0.3, 0.4) is 0 Å². The van der Waals surface area contributed by atoms with Gasteiger partial charge >= 0.3 is 6.18 Å². The van der Waals surface area contributed by atoms with Crippen LogP contribution in [-0.4, -0.2) is 17.1 Å². The zero-order valence-corrected chi connectivity index (χ0v) is 14.9. The molecule has 6 heteroatoms. The fourth-order valence-electron chi connectivity index (χ4n) is 3.12. The lowest BCUT2D eigenvalue weighted by Gasteiger charge is -2.13. The zero-order chi connectivity index (χ0) is 19.7. The highest BCUT2D eigenvalue weighted by atomic mass is 19.4. The maximum absolute atomic E-state index is 13.5. The smallest absolute Gasteiger partial charge is 0.433 e. The van der Waals surface area contributed by atoms with Crippen molar-refractivity contribution in [2.24, 2.45) is 0 Å². The fraction of sp³-hybridized carbons (Fsp3) is 0.0909. The van der Waals surface area contributed by atoms with Crippen LogP contribution in [0.25, 0.3) is 33.4 Å². The number of rotatable bonds is 3. The van der Waals surface area contributed by atoms with Gasteiger partial charge in [-0.2, -0.15) is 13.2 Å².